The number of hydrogen-bond acceptors (Lipinski definition) is 5. The lowest BCUT2D eigenvalue weighted by Crippen LogP contribution is -2.52. The molecular formula is C25H26N4O4. The molecule has 0 spiro atoms. The molecule has 170 valence electrons. The first kappa shape index (κ1) is 21.2. The Morgan fingerprint density at radius 2 is 1.85 bits per heavy atom. The maximum absolute atomic E-state index is 13.0. The second kappa shape index (κ2) is 8.69. The van der Waals surface area contributed by atoms with Gasteiger partial charge in [-0.3, -0.25) is 24.5 Å². The van der Waals surface area contributed by atoms with Crippen LogP contribution in [0.4, 0.5) is 5.69 Å². The summed E-state index contributed by atoms with van der Waals surface area (Å²) in [5.74, 6) is -0.579. The van der Waals surface area contributed by atoms with Crippen LogP contribution in [0.1, 0.15) is 46.7 Å². The summed E-state index contributed by atoms with van der Waals surface area (Å²) in [7, 11) is 0. The Bertz CT molecular complexity index is 1120. The van der Waals surface area contributed by atoms with Crippen LogP contribution in [0.25, 0.3) is 0 Å². The van der Waals surface area contributed by atoms with E-state index in [9.17, 15) is 19.2 Å². The van der Waals surface area contributed by atoms with E-state index >= 15 is 0 Å². The topological polar surface area (TPSA) is 98.8 Å². The fourth-order valence-electron chi connectivity index (χ4n) is 5.02. The molecule has 0 bridgehead atoms. The predicted octanol–water partition coefficient (Wildman–Crippen LogP) is 1.88. The van der Waals surface area contributed by atoms with Crippen LogP contribution in [0.15, 0.2) is 48.5 Å². The molecule has 2 fully saturated rings. The molecule has 3 heterocycles. The number of imide groups is 1. The van der Waals surface area contributed by atoms with Gasteiger partial charge in [-0.2, -0.15) is 0 Å². The second-order valence-electron chi connectivity index (χ2n) is 8.82. The Kier molecular flexibility index (Phi) is 5.58. The Morgan fingerprint density at radius 3 is 2.64 bits per heavy atom. The lowest BCUT2D eigenvalue weighted by atomic mass is 9.99. The van der Waals surface area contributed by atoms with Crippen LogP contribution in [-0.4, -0.2) is 59.1 Å². The van der Waals surface area contributed by atoms with Crippen LogP contribution < -0.4 is 10.6 Å². The minimum Gasteiger partial charge on any atom is -0.376 e. The molecule has 2 saturated heterocycles. The first-order chi connectivity index (χ1) is 16.0. The quantitative estimate of drug-likeness (QED) is 0.684. The molecule has 2 N–H and O–H groups in total. The zero-order chi connectivity index (χ0) is 22.9. The summed E-state index contributed by atoms with van der Waals surface area (Å²) in [6.45, 7) is 1.86. The third-order valence-electron chi connectivity index (χ3n) is 6.82. The van der Waals surface area contributed by atoms with Gasteiger partial charge >= 0.3 is 0 Å². The second-order valence-corrected chi connectivity index (χ2v) is 8.82. The van der Waals surface area contributed by atoms with Crippen LogP contribution in [0.3, 0.4) is 0 Å². The van der Waals surface area contributed by atoms with Gasteiger partial charge in [-0.15, -0.1) is 0 Å². The van der Waals surface area contributed by atoms with Crippen molar-refractivity contribution >= 4 is 29.3 Å². The largest absolute Gasteiger partial charge is 0.376 e. The summed E-state index contributed by atoms with van der Waals surface area (Å²) in [6.07, 6.45) is 1.49. The van der Waals surface area contributed by atoms with E-state index in [0.717, 1.165) is 24.2 Å². The summed E-state index contributed by atoms with van der Waals surface area (Å²) >= 11 is 0. The van der Waals surface area contributed by atoms with Gasteiger partial charge in [-0.1, -0.05) is 36.4 Å². The number of benzene rings is 2. The number of fused-ring (bicyclic) bond motifs is 1. The predicted molar refractivity (Wildman–Crippen MR) is 121 cm³/mol. The van der Waals surface area contributed by atoms with Gasteiger partial charge in [0.05, 0.1) is 6.54 Å². The summed E-state index contributed by atoms with van der Waals surface area (Å²) < 4.78 is 0. The molecule has 0 radical (unpaired) electrons. The van der Waals surface area contributed by atoms with E-state index in [0.29, 0.717) is 24.4 Å². The average Bonchev–Trinajstić information content (AvgIpc) is 3.44. The molecule has 0 saturated carbocycles. The van der Waals surface area contributed by atoms with Crippen molar-refractivity contribution < 1.29 is 19.2 Å². The average molecular weight is 447 g/mol. The van der Waals surface area contributed by atoms with Crippen molar-refractivity contribution in [1.82, 2.24) is 15.1 Å². The minimum absolute atomic E-state index is 0.0254. The van der Waals surface area contributed by atoms with Crippen LogP contribution in [0, 0.1) is 0 Å². The zero-order valence-electron chi connectivity index (χ0n) is 18.3. The normalized spacial score (nSPS) is 22.4. The molecule has 2 aromatic carbocycles. The van der Waals surface area contributed by atoms with Gasteiger partial charge in [0.25, 0.3) is 5.91 Å². The van der Waals surface area contributed by atoms with Crippen molar-refractivity contribution in [3.8, 4) is 0 Å². The first-order valence-corrected chi connectivity index (χ1v) is 11.3. The third-order valence-corrected chi connectivity index (χ3v) is 6.82. The first-order valence-electron chi connectivity index (χ1n) is 11.3. The number of piperidine rings is 1. The summed E-state index contributed by atoms with van der Waals surface area (Å²) in [6, 6.07) is 15.0. The molecule has 5 rings (SSSR count). The molecule has 3 aliphatic heterocycles. The Labute approximate surface area is 191 Å². The van der Waals surface area contributed by atoms with E-state index in [4.69, 9.17) is 0 Å². The highest BCUT2D eigenvalue weighted by Gasteiger charge is 2.40. The number of carbonyl (C=O) groups excluding carboxylic acids is 4. The smallest absolute Gasteiger partial charge is 0.255 e. The van der Waals surface area contributed by atoms with Gasteiger partial charge in [-0.05, 0) is 30.5 Å². The van der Waals surface area contributed by atoms with Crippen molar-refractivity contribution in [2.45, 2.75) is 37.8 Å². The van der Waals surface area contributed by atoms with Crippen molar-refractivity contribution in [3.05, 3.63) is 65.2 Å². The molecule has 2 atom stereocenters. The van der Waals surface area contributed by atoms with Gasteiger partial charge in [0.2, 0.25) is 17.7 Å². The van der Waals surface area contributed by atoms with E-state index in [1.54, 1.807) is 12.1 Å². The number of likely N-dealkylation sites (tertiary alicyclic amines) is 1. The minimum atomic E-state index is -0.656. The summed E-state index contributed by atoms with van der Waals surface area (Å²) in [5.41, 5.74) is 3.29. The van der Waals surface area contributed by atoms with Crippen LogP contribution in [-0.2, 0) is 20.9 Å². The van der Waals surface area contributed by atoms with Gasteiger partial charge in [-0.25, -0.2) is 0 Å². The molecule has 8 nitrogen and oxygen atoms in total. The number of amides is 4. The van der Waals surface area contributed by atoms with Crippen LogP contribution >= 0.6 is 0 Å². The van der Waals surface area contributed by atoms with Crippen molar-refractivity contribution in [2.75, 3.05) is 25.0 Å². The fourth-order valence-corrected chi connectivity index (χ4v) is 5.02. The number of carbonyl (C=O) groups is 4. The van der Waals surface area contributed by atoms with Gasteiger partial charge in [0.15, 0.2) is 0 Å². The summed E-state index contributed by atoms with van der Waals surface area (Å²) in [4.78, 5) is 52.9. The SMILES string of the molecule is O=C1CCC(N2Cc3c(NCC(=O)N4CCC(c5ccccc5)C4)cccc3C2=O)C(=O)N1. The van der Waals surface area contributed by atoms with E-state index in [1.165, 1.54) is 10.5 Å². The van der Waals surface area contributed by atoms with E-state index in [1.807, 2.05) is 29.2 Å². The highest BCUT2D eigenvalue weighted by molar-refractivity contribution is 6.06. The Morgan fingerprint density at radius 1 is 1.03 bits per heavy atom. The third kappa shape index (κ3) is 4.08. The zero-order valence-corrected chi connectivity index (χ0v) is 18.3. The number of anilines is 1. The molecule has 2 aromatic rings. The molecule has 0 aliphatic carbocycles. The molecule has 2 unspecified atom stereocenters. The maximum atomic E-state index is 13.0. The molecule has 3 aliphatic rings. The Hall–Kier alpha value is -3.68. The van der Waals surface area contributed by atoms with Crippen LogP contribution in [0.5, 0.6) is 0 Å². The van der Waals surface area contributed by atoms with Gasteiger partial charge in [0, 0.05) is 48.8 Å². The van der Waals surface area contributed by atoms with E-state index in [-0.39, 0.29) is 37.2 Å². The lowest BCUT2D eigenvalue weighted by molar-refractivity contribution is -0.137. The molecule has 4 amide bonds. The van der Waals surface area contributed by atoms with Crippen molar-refractivity contribution in [3.63, 3.8) is 0 Å². The fraction of sp³-hybridized carbons (Fsp3) is 0.360. The monoisotopic (exact) mass is 446 g/mol. The number of hydrogen-bond donors (Lipinski definition) is 2. The summed E-state index contributed by atoms with van der Waals surface area (Å²) in [5, 5.41) is 5.53. The van der Waals surface area contributed by atoms with E-state index < -0.39 is 11.9 Å². The molecule has 8 heteroatoms. The van der Waals surface area contributed by atoms with Crippen LogP contribution in [0.2, 0.25) is 0 Å². The number of nitrogens with one attached hydrogen (secondary N) is 2. The standard InChI is InChI=1S/C25H26N4O4/c30-22-10-9-21(24(32)27-22)29-15-19-18(25(29)33)7-4-8-20(19)26-13-23(31)28-12-11-17(14-28)16-5-2-1-3-6-16/h1-8,17,21,26H,9-15H2,(H,27,30,32). The highest BCUT2D eigenvalue weighted by atomic mass is 16.2. The molecule has 0 aromatic heterocycles. The highest BCUT2D eigenvalue weighted by Crippen LogP contribution is 2.32. The number of rotatable bonds is 5. The molecular weight excluding hydrogens is 420 g/mol. The van der Waals surface area contributed by atoms with Crippen molar-refractivity contribution in [1.29, 1.82) is 0 Å². The Balaban J connectivity index is 1.23. The van der Waals surface area contributed by atoms with E-state index in [2.05, 4.69) is 22.8 Å². The van der Waals surface area contributed by atoms with Gasteiger partial charge < -0.3 is 15.1 Å². The number of nitrogens with zero attached hydrogens (tertiary/aromatic N) is 2. The van der Waals surface area contributed by atoms with Crippen molar-refractivity contribution in [2.24, 2.45) is 0 Å². The molecule has 33 heavy (non-hydrogen) atoms. The maximum Gasteiger partial charge on any atom is 0.255 e. The lowest BCUT2D eigenvalue weighted by Gasteiger charge is -2.29. The van der Waals surface area contributed by atoms with Gasteiger partial charge in [0.1, 0.15) is 6.04 Å².